The molecule has 2 rings (SSSR count). The highest BCUT2D eigenvalue weighted by Gasteiger charge is 2.32. The van der Waals surface area contributed by atoms with Crippen molar-refractivity contribution in [1.82, 2.24) is 0 Å². The number of hydrogen-bond donors (Lipinski definition) is 1. The number of phenols is 1. The average Bonchev–Trinajstić information content (AvgIpc) is 2.25. The molecule has 0 saturated carbocycles. The van der Waals surface area contributed by atoms with Crippen LogP contribution in [0.3, 0.4) is 0 Å². The lowest BCUT2D eigenvalue weighted by Gasteiger charge is -2.14. The fourth-order valence-corrected chi connectivity index (χ4v) is 1.67. The van der Waals surface area contributed by atoms with Gasteiger partial charge in [0.05, 0.1) is 0 Å². The molecule has 20 heavy (non-hydrogen) atoms. The van der Waals surface area contributed by atoms with Gasteiger partial charge < -0.3 is 9.84 Å². The van der Waals surface area contributed by atoms with Crippen LogP contribution in [0.25, 0.3) is 11.1 Å². The van der Waals surface area contributed by atoms with Gasteiger partial charge in [-0.3, -0.25) is 0 Å². The predicted molar refractivity (Wildman–Crippen MR) is 60.1 cm³/mol. The summed E-state index contributed by atoms with van der Waals surface area (Å²) in [5.41, 5.74) is -0.333. The summed E-state index contributed by atoms with van der Waals surface area (Å²) in [4.78, 5) is 0. The lowest BCUT2D eigenvalue weighted by molar-refractivity contribution is -0.274. The van der Waals surface area contributed by atoms with Crippen LogP contribution in [0.5, 0.6) is 11.5 Å². The smallest absolute Gasteiger partial charge is 0.508 e. The van der Waals surface area contributed by atoms with E-state index < -0.39 is 29.5 Å². The highest BCUT2D eigenvalue weighted by Crippen LogP contribution is 2.36. The first-order chi connectivity index (χ1) is 9.24. The molecule has 0 bridgehead atoms. The highest BCUT2D eigenvalue weighted by atomic mass is 19.4. The molecule has 2 aromatic rings. The highest BCUT2D eigenvalue weighted by molar-refractivity contribution is 5.71. The number of phenolic OH excluding ortho intramolecular Hbond substituents is 1. The van der Waals surface area contributed by atoms with Crippen molar-refractivity contribution >= 4 is 0 Å². The SMILES string of the molecule is Oc1ccc(-c2cc(F)cc(F)c2)c(OC(F)(F)F)c1. The topological polar surface area (TPSA) is 29.5 Å². The molecule has 2 aromatic carbocycles. The fourth-order valence-electron chi connectivity index (χ4n) is 1.67. The van der Waals surface area contributed by atoms with Crippen molar-refractivity contribution < 1.29 is 31.8 Å². The minimum Gasteiger partial charge on any atom is -0.508 e. The number of benzene rings is 2. The molecular weight excluding hydrogens is 283 g/mol. The summed E-state index contributed by atoms with van der Waals surface area (Å²) in [7, 11) is 0. The molecule has 0 radical (unpaired) electrons. The van der Waals surface area contributed by atoms with E-state index in [1.807, 2.05) is 0 Å². The molecule has 106 valence electrons. The van der Waals surface area contributed by atoms with E-state index in [0.29, 0.717) is 12.1 Å². The van der Waals surface area contributed by atoms with Crippen molar-refractivity contribution in [2.45, 2.75) is 6.36 Å². The normalized spacial score (nSPS) is 11.4. The van der Waals surface area contributed by atoms with Crippen molar-refractivity contribution in [3.63, 3.8) is 0 Å². The second-order valence-electron chi connectivity index (χ2n) is 3.89. The molecule has 0 aliphatic rings. The van der Waals surface area contributed by atoms with Gasteiger partial charge >= 0.3 is 6.36 Å². The Kier molecular flexibility index (Phi) is 3.52. The summed E-state index contributed by atoms with van der Waals surface area (Å²) in [6.45, 7) is 0. The standard InChI is InChI=1S/C13H7F5O2/c14-8-3-7(4-9(15)5-8)11-2-1-10(19)6-12(11)20-13(16,17)18/h1-6,19H. The zero-order valence-electron chi connectivity index (χ0n) is 9.71. The maximum atomic E-state index is 13.1. The molecule has 0 aliphatic carbocycles. The zero-order chi connectivity index (χ0) is 14.9. The Morgan fingerprint density at radius 1 is 0.900 bits per heavy atom. The summed E-state index contributed by atoms with van der Waals surface area (Å²) in [5, 5.41) is 9.19. The monoisotopic (exact) mass is 290 g/mol. The molecule has 0 aromatic heterocycles. The van der Waals surface area contributed by atoms with Crippen LogP contribution in [-0.2, 0) is 0 Å². The van der Waals surface area contributed by atoms with Crippen LogP contribution in [0.2, 0.25) is 0 Å². The van der Waals surface area contributed by atoms with Crippen LogP contribution in [0.1, 0.15) is 0 Å². The molecule has 0 spiro atoms. The second kappa shape index (κ2) is 4.99. The van der Waals surface area contributed by atoms with Gasteiger partial charge in [-0.05, 0) is 29.8 Å². The largest absolute Gasteiger partial charge is 0.573 e. The Morgan fingerprint density at radius 2 is 1.50 bits per heavy atom. The van der Waals surface area contributed by atoms with Crippen molar-refractivity contribution in [2.75, 3.05) is 0 Å². The van der Waals surface area contributed by atoms with Crippen molar-refractivity contribution in [1.29, 1.82) is 0 Å². The van der Waals surface area contributed by atoms with Gasteiger partial charge in [0.15, 0.2) is 0 Å². The van der Waals surface area contributed by atoms with Crippen LogP contribution >= 0.6 is 0 Å². The molecule has 2 nitrogen and oxygen atoms in total. The number of aromatic hydroxyl groups is 1. The average molecular weight is 290 g/mol. The van der Waals surface area contributed by atoms with E-state index in [2.05, 4.69) is 4.74 Å². The molecule has 0 aliphatic heterocycles. The van der Waals surface area contributed by atoms with Crippen molar-refractivity contribution in [3.8, 4) is 22.6 Å². The number of halogens is 5. The third-order valence-electron chi connectivity index (χ3n) is 2.36. The van der Waals surface area contributed by atoms with E-state index >= 15 is 0 Å². The maximum absolute atomic E-state index is 13.1. The Labute approximate surface area is 110 Å². The number of rotatable bonds is 2. The van der Waals surface area contributed by atoms with E-state index in [1.54, 1.807) is 0 Å². The van der Waals surface area contributed by atoms with Gasteiger partial charge in [-0.1, -0.05) is 0 Å². The van der Waals surface area contributed by atoms with E-state index in [4.69, 9.17) is 0 Å². The van der Waals surface area contributed by atoms with E-state index in [-0.39, 0.29) is 11.1 Å². The van der Waals surface area contributed by atoms with Crippen LogP contribution in [0, 0.1) is 11.6 Å². The molecule has 0 unspecified atom stereocenters. The fraction of sp³-hybridized carbons (Fsp3) is 0.0769. The van der Waals surface area contributed by atoms with Crippen LogP contribution < -0.4 is 4.74 Å². The lowest BCUT2D eigenvalue weighted by Crippen LogP contribution is -2.17. The summed E-state index contributed by atoms with van der Waals surface area (Å²) >= 11 is 0. The van der Waals surface area contributed by atoms with Gasteiger partial charge in [-0.15, -0.1) is 13.2 Å². The molecule has 0 fully saturated rings. The Balaban J connectivity index is 2.55. The summed E-state index contributed by atoms with van der Waals surface area (Å²) in [6, 6.07) is 5.18. The molecular formula is C13H7F5O2. The van der Waals surface area contributed by atoms with Crippen molar-refractivity contribution in [3.05, 3.63) is 48.0 Å². The molecule has 1 N–H and O–H groups in total. The molecule has 0 atom stereocenters. The van der Waals surface area contributed by atoms with E-state index in [1.165, 1.54) is 0 Å². The summed E-state index contributed by atoms with van der Waals surface area (Å²) < 4.78 is 66.8. The Bertz CT molecular complexity index is 617. The van der Waals surface area contributed by atoms with Crippen LogP contribution in [0.15, 0.2) is 36.4 Å². The summed E-state index contributed by atoms with van der Waals surface area (Å²) in [6.07, 6.45) is -4.99. The van der Waals surface area contributed by atoms with E-state index in [0.717, 1.165) is 24.3 Å². The van der Waals surface area contributed by atoms with Gasteiger partial charge in [0.25, 0.3) is 0 Å². The lowest BCUT2D eigenvalue weighted by atomic mass is 10.0. The first-order valence-corrected chi connectivity index (χ1v) is 5.30. The van der Waals surface area contributed by atoms with Gasteiger partial charge in [-0.2, -0.15) is 0 Å². The van der Waals surface area contributed by atoms with Gasteiger partial charge in [0.1, 0.15) is 23.1 Å². The maximum Gasteiger partial charge on any atom is 0.573 e. The zero-order valence-corrected chi connectivity index (χ0v) is 9.71. The summed E-state index contributed by atoms with van der Waals surface area (Å²) in [5.74, 6) is -3.09. The molecule has 0 saturated heterocycles. The number of hydrogen-bond acceptors (Lipinski definition) is 2. The number of ether oxygens (including phenoxy) is 1. The third kappa shape index (κ3) is 3.37. The predicted octanol–water partition coefficient (Wildman–Crippen LogP) is 4.24. The van der Waals surface area contributed by atoms with Crippen LogP contribution in [0.4, 0.5) is 22.0 Å². The first kappa shape index (κ1) is 14.1. The van der Waals surface area contributed by atoms with Crippen LogP contribution in [-0.4, -0.2) is 11.5 Å². The van der Waals surface area contributed by atoms with Gasteiger partial charge in [0.2, 0.25) is 0 Å². The first-order valence-electron chi connectivity index (χ1n) is 5.30. The van der Waals surface area contributed by atoms with Gasteiger partial charge in [-0.25, -0.2) is 8.78 Å². The Hall–Kier alpha value is -2.31. The minimum atomic E-state index is -4.99. The quantitative estimate of drug-likeness (QED) is 0.838. The van der Waals surface area contributed by atoms with Gasteiger partial charge in [0, 0.05) is 17.7 Å². The molecule has 0 amide bonds. The van der Waals surface area contributed by atoms with E-state index in [9.17, 15) is 27.1 Å². The molecule has 7 heteroatoms. The number of alkyl halides is 3. The second-order valence-corrected chi connectivity index (χ2v) is 3.89. The Morgan fingerprint density at radius 3 is 2.05 bits per heavy atom. The third-order valence-corrected chi connectivity index (χ3v) is 2.36. The van der Waals surface area contributed by atoms with Crippen molar-refractivity contribution in [2.24, 2.45) is 0 Å². The minimum absolute atomic E-state index is 0.137. The molecule has 0 heterocycles.